The van der Waals surface area contributed by atoms with Crippen molar-refractivity contribution in [3.8, 4) is 11.3 Å². The third-order valence-corrected chi connectivity index (χ3v) is 10.3. The van der Waals surface area contributed by atoms with Crippen LogP contribution in [0.25, 0.3) is 11.3 Å². The maximum absolute atomic E-state index is 14.2. The molecule has 16 heteroatoms. The molecule has 236 valence electrons. The highest BCUT2D eigenvalue weighted by Gasteiger charge is 2.51. The van der Waals surface area contributed by atoms with E-state index >= 15 is 0 Å². The lowest BCUT2D eigenvalue weighted by molar-refractivity contribution is -0.171. The number of hydrogen-bond acceptors (Lipinski definition) is 10. The number of carbonyl (C=O) groups excluding carboxylic acids is 1. The van der Waals surface area contributed by atoms with Gasteiger partial charge in [0.05, 0.1) is 46.9 Å². The van der Waals surface area contributed by atoms with Gasteiger partial charge in [0, 0.05) is 38.6 Å². The Kier molecular flexibility index (Phi) is 9.01. The molecule has 3 saturated heterocycles. The van der Waals surface area contributed by atoms with E-state index in [-0.39, 0.29) is 39.4 Å². The fraction of sp³-hybridized carbons (Fsp3) is 0.500. The molecule has 5 atom stereocenters. The largest absolute Gasteiger partial charge is 0.463 e. The van der Waals surface area contributed by atoms with Crippen molar-refractivity contribution in [1.82, 2.24) is 20.0 Å². The van der Waals surface area contributed by atoms with Gasteiger partial charge in [0.1, 0.15) is 51.5 Å². The van der Waals surface area contributed by atoms with Crippen molar-refractivity contribution in [1.29, 1.82) is 0 Å². The number of esters is 1. The Labute approximate surface area is 271 Å². The topological polar surface area (TPSA) is 101 Å². The molecular formula is C28H28Cl3F2N5O5S. The highest BCUT2D eigenvalue weighted by Crippen LogP contribution is 2.48. The molecule has 0 aliphatic carbocycles. The normalized spacial score (nSPS) is 25.9. The van der Waals surface area contributed by atoms with E-state index < -0.39 is 46.3 Å². The third kappa shape index (κ3) is 6.00. The van der Waals surface area contributed by atoms with Crippen LogP contribution in [0.4, 0.5) is 14.6 Å². The number of benzene rings is 1. The van der Waals surface area contributed by atoms with Gasteiger partial charge in [-0.1, -0.05) is 58.7 Å². The summed E-state index contributed by atoms with van der Waals surface area (Å²) < 4.78 is 53.3. The number of pyridine rings is 1. The van der Waals surface area contributed by atoms with Crippen molar-refractivity contribution in [2.24, 2.45) is 11.3 Å². The summed E-state index contributed by atoms with van der Waals surface area (Å²) in [5.74, 6) is -1.90. The number of rotatable bonds is 8. The summed E-state index contributed by atoms with van der Waals surface area (Å²) in [6.45, 7) is 6.18. The lowest BCUT2D eigenvalue weighted by Gasteiger charge is -2.55. The molecule has 5 heterocycles. The second-order valence-electron chi connectivity index (χ2n) is 11.3. The summed E-state index contributed by atoms with van der Waals surface area (Å²) in [5, 5.41) is 8.36. The fourth-order valence-electron chi connectivity index (χ4n) is 5.80. The van der Waals surface area contributed by atoms with E-state index in [0.29, 0.717) is 19.0 Å². The smallest absolute Gasteiger partial charge is 0.302 e. The summed E-state index contributed by atoms with van der Waals surface area (Å²) in [6, 6.07) is 3.45. The molecule has 3 aliphatic rings. The minimum atomic E-state index is -0.910. The summed E-state index contributed by atoms with van der Waals surface area (Å²) in [7, 11) is 1.55. The number of hydrogen-bond donors (Lipinski definition) is 0. The SMILES string of the molecule is CO[C@H]1C(n2cc(-c3cc(F)c(Cl)c(F)c3)nn2)[C@@H](C)C(COC(C)=O)O[C@@H]1Sc1cc(Cl)c(Cl)nc1N1CC2(COC2)C1. The zero-order chi connectivity index (χ0) is 31.3. The van der Waals surface area contributed by atoms with Gasteiger partial charge >= 0.3 is 5.97 Å². The Morgan fingerprint density at radius 3 is 2.50 bits per heavy atom. The molecule has 44 heavy (non-hydrogen) atoms. The molecule has 1 aromatic carbocycles. The maximum Gasteiger partial charge on any atom is 0.302 e. The minimum Gasteiger partial charge on any atom is -0.463 e. The zero-order valence-electron chi connectivity index (χ0n) is 23.8. The predicted molar refractivity (Wildman–Crippen MR) is 160 cm³/mol. The van der Waals surface area contributed by atoms with E-state index in [1.54, 1.807) is 24.1 Å². The van der Waals surface area contributed by atoms with Crippen molar-refractivity contribution >= 4 is 58.4 Å². The predicted octanol–water partition coefficient (Wildman–Crippen LogP) is 5.69. The summed E-state index contributed by atoms with van der Waals surface area (Å²) in [6.07, 6.45) is 0.406. The lowest BCUT2D eigenvalue weighted by atomic mass is 9.78. The van der Waals surface area contributed by atoms with E-state index in [1.165, 1.54) is 18.7 Å². The molecule has 3 fully saturated rings. The van der Waals surface area contributed by atoms with Gasteiger partial charge in [-0.15, -0.1) is 5.10 Å². The van der Waals surface area contributed by atoms with Gasteiger partial charge in [-0.05, 0) is 18.2 Å². The Hall–Kier alpha value is -2.26. The molecule has 0 radical (unpaired) electrons. The highest BCUT2D eigenvalue weighted by atomic mass is 35.5. The number of anilines is 1. The molecule has 1 spiro atoms. The van der Waals surface area contributed by atoms with Gasteiger partial charge in [-0.25, -0.2) is 18.4 Å². The Bertz CT molecular complexity index is 1550. The first-order valence-electron chi connectivity index (χ1n) is 13.7. The van der Waals surface area contributed by atoms with Crippen LogP contribution in [0.5, 0.6) is 0 Å². The third-order valence-electron chi connectivity index (χ3n) is 8.15. The van der Waals surface area contributed by atoms with Gasteiger partial charge in [0.15, 0.2) is 0 Å². The Morgan fingerprint density at radius 1 is 1.18 bits per heavy atom. The maximum atomic E-state index is 14.2. The molecule has 2 unspecified atom stereocenters. The number of nitrogens with zero attached hydrogens (tertiary/aromatic N) is 5. The molecule has 0 bridgehead atoms. The number of methoxy groups -OCH3 is 1. The van der Waals surface area contributed by atoms with E-state index in [4.69, 9.17) is 53.8 Å². The molecule has 2 aromatic heterocycles. The van der Waals surface area contributed by atoms with Crippen LogP contribution in [-0.2, 0) is 23.7 Å². The van der Waals surface area contributed by atoms with Gasteiger partial charge in [0.2, 0.25) is 0 Å². The van der Waals surface area contributed by atoms with Crippen LogP contribution < -0.4 is 4.90 Å². The van der Waals surface area contributed by atoms with Gasteiger partial charge in [0.25, 0.3) is 0 Å². The summed E-state index contributed by atoms with van der Waals surface area (Å²) >= 11 is 19.8. The van der Waals surface area contributed by atoms with Crippen molar-refractivity contribution < 1.29 is 32.5 Å². The van der Waals surface area contributed by atoms with E-state index in [2.05, 4.69) is 20.2 Å². The van der Waals surface area contributed by atoms with Crippen LogP contribution in [0.2, 0.25) is 15.2 Å². The van der Waals surface area contributed by atoms with Crippen LogP contribution in [0, 0.1) is 23.0 Å². The lowest BCUT2D eigenvalue weighted by Crippen LogP contribution is -2.66. The van der Waals surface area contributed by atoms with Crippen molar-refractivity contribution in [2.45, 2.75) is 42.4 Å². The van der Waals surface area contributed by atoms with Crippen LogP contribution >= 0.6 is 46.6 Å². The monoisotopic (exact) mass is 689 g/mol. The van der Waals surface area contributed by atoms with Gasteiger partial charge in [-0.2, -0.15) is 0 Å². The average Bonchev–Trinajstić information content (AvgIpc) is 3.42. The molecular weight excluding hydrogens is 663 g/mol. The van der Waals surface area contributed by atoms with E-state index in [9.17, 15) is 13.6 Å². The molecule has 0 amide bonds. The van der Waals surface area contributed by atoms with E-state index in [1.807, 2.05) is 6.92 Å². The Morgan fingerprint density at radius 2 is 1.89 bits per heavy atom. The Balaban J connectivity index is 1.33. The van der Waals surface area contributed by atoms with Crippen LogP contribution in [-0.4, -0.2) is 83.6 Å². The number of carbonyl (C=O) groups is 1. The van der Waals surface area contributed by atoms with E-state index in [0.717, 1.165) is 30.1 Å². The van der Waals surface area contributed by atoms with Crippen LogP contribution in [0.15, 0.2) is 29.3 Å². The molecule has 6 rings (SSSR count). The molecule has 0 N–H and O–H groups in total. The number of aromatic nitrogens is 4. The van der Waals surface area contributed by atoms with Gasteiger partial charge in [-0.3, -0.25) is 4.79 Å². The average molecular weight is 691 g/mol. The van der Waals surface area contributed by atoms with Crippen molar-refractivity contribution in [2.75, 3.05) is 44.9 Å². The number of ether oxygens (including phenoxy) is 4. The first-order valence-corrected chi connectivity index (χ1v) is 15.7. The first-order chi connectivity index (χ1) is 21.0. The standard InChI is InChI=1S/C28H28Cl3F2N5O5S/c1-13-20(8-42-14(2)39)43-27(44-21-6-16(29)25(31)34-26(21)37-9-28(10-37)11-41-12-28)24(40-3)23(13)38-7-19(35-36-38)15-4-17(32)22(30)18(33)5-15/h4-7,13,20,23-24,27H,8-12H2,1-3H3/t13-,20?,23?,24-,27+/m0/s1. The van der Waals surface area contributed by atoms with Crippen molar-refractivity contribution in [3.05, 3.63) is 51.2 Å². The number of thioether (sulfide) groups is 1. The van der Waals surface area contributed by atoms with Crippen LogP contribution in [0.1, 0.15) is 19.9 Å². The minimum absolute atomic E-state index is 0.0171. The molecule has 3 aromatic rings. The second-order valence-corrected chi connectivity index (χ2v) is 13.6. The highest BCUT2D eigenvalue weighted by molar-refractivity contribution is 8.00. The molecule has 3 aliphatic heterocycles. The number of halogens is 5. The fourth-order valence-corrected chi connectivity index (χ4v) is 7.59. The zero-order valence-corrected chi connectivity index (χ0v) is 26.9. The summed E-state index contributed by atoms with van der Waals surface area (Å²) in [4.78, 5) is 19.2. The van der Waals surface area contributed by atoms with Crippen LogP contribution in [0.3, 0.4) is 0 Å². The first kappa shape index (κ1) is 31.7. The summed E-state index contributed by atoms with van der Waals surface area (Å²) in [5.41, 5.74) is -0.124. The quantitative estimate of drug-likeness (QED) is 0.167. The second kappa shape index (κ2) is 12.5. The molecule has 10 nitrogen and oxygen atoms in total. The van der Waals surface area contributed by atoms with Gasteiger partial charge < -0.3 is 23.8 Å². The van der Waals surface area contributed by atoms with Crippen molar-refractivity contribution in [3.63, 3.8) is 0 Å². The molecule has 0 saturated carbocycles.